The van der Waals surface area contributed by atoms with Gasteiger partial charge in [0.25, 0.3) is 0 Å². The van der Waals surface area contributed by atoms with Crippen LogP contribution in [0.2, 0.25) is 5.02 Å². The second kappa shape index (κ2) is 11.0. The van der Waals surface area contributed by atoms with Gasteiger partial charge in [0, 0.05) is 41.8 Å². The van der Waals surface area contributed by atoms with Gasteiger partial charge in [0.1, 0.15) is 0 Å². The van der Waals surface area contributed by atoms with Crippen LogP contribution >= 0.6 is 23.4 Å². The molecular formula is C18H26ClF3N4S. The van der Waals surface area contributed by atoms with E-state index in [4.69, 9.17) is 11.6 Å². The average molecular weight is 423 g/mol. The van der Waals surface area contributed by atoms with Gasteiger partial charge in [-0.3, -0.25) is 9.89 Å². The van der Waals surface area contributed by atoms with Gasteiger partial charge in [0.2, 0.25) is 0 Å². The number of nitrogens with zero attached hydrogens (tertiary/aromatic N) is 2. The maximum absolute atomic E-state index is 12.5. The van der Waals surface area contributed by atoms with E-state index in [1.165, 1.54) is 4.90 Å². The summed E-state index contributed by atoms with van der Waals surface area (Å²) in [5.41, 5.74) is 0. The van der Waals surface area contributed by atoms with E-state index in [-0.39, 0.29) is 5.92 Å². The zero-order valence-electron chi connectivity index (χ0n) is 15.4. The Balaban J connectivity index is 1.71. The van der Waals surface area contributed by atoms with Crippen LogP contribution in [0.4, 0.5) is 13.2 Å². The van der Waals surface area contributed by atoms with E-state index in [0.717, 1.165) is 35.2 Å². The fourth-order valence-corrected chi connectivity index (χ4v) is 3.78. The largest absolute Gasteiger partial charge is 0.401 e. The van der Waals surface area contributed by atoms with Gasteiger partial charge in [-0.2, -0.15) is 13.2 Å². The minimum Gasteiger partial charge on any atom is -0.357 e. The van der Waals surface area contributed by atoms with Crippen LogP contribution in [-0.2, 0) is 0 Å². The van der Waals surface area contributed by atoms with Crippen molar-refractivity contribution < 1.29 is 13.2 Å². The van der Waals surface area contributed by atoms with E-state index in [1.807, 2.05) is 31.2 Å². The molecule has 0 radical (unpaired) electrons. The number of benzene rings is 1. The number of alkyl halides is 3. The summed E-state index contributed by atoms with van der Waals surface area (Å²) in [6.45, 7) is 4.11. The van der Waals surface area contributed by atoms with Crippen molar-refractivity contribution in [2.45, 2.75) is 24.4 Å². The summed E-state index contributed by atoms with van der Waals surface area (Å²) in [4.78, 5) is 7.16. The van der Waals surface area contributed by atoms with Gasteiger partial charge in [-0.25, -0.2) is 0 Å². The summed E-state index contributed by atoms with van der Waals surface area (Å²) >= 11 is 7.60. The van der Waals surface area contributed by atoms with E-state index in [1.54, 1.807) is 11.8 Å². The fourth-order valence-electron chi connectivity index (χ4n) is 2.89. The quantitative estimate of drug-likeness (QED) is 0.289. The Bertz CT molecular complexity index is 595. The van der Waals surface area contributed by atoms with Crippen LogP contribution in [0.1, 0.15) is 13.3 Å². The number of hydrogen-bond donors (Lipinski definition) is 2. The molecular weight excluding hydrogens is 397 g/mol. The number of likely N-dealkylation sites (tertiary alicyclic amines) is 1. The van der Waals surface area contributed by atoms with E-state index in [9.17, 15) is 13.2 Å². The first kappa shape index (κ1) is 22.2. The second-order valence-corrected chi connectivity index (χ2v) is 8.06. The smallest absolute Gasteiger partial charge is 0.357 e. The molecule has 2 rings (SSSR count). The molecule has 0 spiro atoms. The van der Waals surface area contributed by atoms with Crippen LogP contribution in [-0.4, -0.2) is 62.1 Å². The third-order valence-corrected chi connectivity index (χ3v) is 5.37. The van der Waals surface area contributed by atoms with Crippen molar-refractivity contribution in [3.8, 4) is 0 Å². The number of nitrogens with one attached hydrogen (secondary N) is 2. The monoisotopic (exact) mass is 422 g/mol. The Morgan fingerprint density at radius 3 is 2.70 bits per heavy atom. The van der Waals surface area contributed by atoms with Gasteiger partial charge >= 0.3 is 6.18 Å². The Labute approximate surface area is 167 Å². The van der Waals surface area contributed by atoms with Gasteiger partial charge in [-0.15, -0.1) is 11.8 Å². The van der Waals surface area contributed by atoms with E-state index >= 15 is 0 Å². The maximum atomic E-state index is 12.5. The van der Waals surface area contributed by atoms with Gasteiger partial charge in [0.15, 0.2) is 5.96 Å². The molecule has 0 bridgehead atoms. The molecule has 27 heavy (non-hydrogen) atoms. The first-order valence-corrected chi connectivity index (χ1v) is 10.4. The predicted molar refractivity (Wildman–Crippen MR) is 107 cm³/mol. The third-order valence-electron chi connectivity index (χ3n) is 4.10. The molecule has 0 aromatic heterocycles. The van der Waals surface area contributed by atoms with Crippen molar-refractivity contribution in [3.05, 3.63) is 29.3 Å². The Morgan fingerprint density at radius 2 is 2.04 bits per heavy atom. The molecule has 9 heteroatoms. The minimum absolute atomic E-state index is 0.172. The summed E-state index contributed by atoms with van der Waals surface area (Å²) in [6.07, 6.45) is -3.37. The summed E-state index contributed by atoms with van der Waals surface area (Å²) in [5.74, 6) is 1.75. The molecule has 152 valence electrons. The van der Waals surface area contributed by atoms with Gasteiger partial charge in [0.05, 0.1) is 6.54 Å². The number of thioether (sulfide) groups is 1. The molecule has 4 nitrogen and oxygen atoms in total. The average Bonchev–Trinajstić information content (AvgIpc) is 3.03. The Kier molecular flexibility index (Phi) is 9.05. The van der Waals surface area contributed by atoms with Crippen molar-refractivity contribution in [1.29, 1.82) is 0 Å². The number of guanidine groups is 1. The zero-order valence-corrected chi connectivity index (χ0v) is 16.9. The fraction of sp³-hybridized carbons (Fsp3) is 0.611. The lowest BCUT2D eigenvalue weighted by atomic mass is 10.1. The lowest BCUT2D eigenvalue weighted by Gasteiger charge is -2.17. The van der Waals surface area contributed by atoms with Crippen LogP contribution in [0.5, 0.6) is 0 Å². The maximum Gasteiger partial charge on any atom is 0.401 e. The van der Waals surface area contributed by atoms with Crippen LogP contribution in [0.25, 0.3) is 0 Å². The molecule has 1 unspecified atom stereocenters. The lowest BCUT2D eigenvalue weighted by Crippen LogP contribution is -2.39. The highest BCUT2D eigenvalue weighted by Gasteiger charge is 2.34. The summed E-state index contributed by atoms with van der Waals surface area (Å²) in [7, 11) is 0. The van der Waals surface area contributed by atoms with E-state index in [0.29, 0.717) is 25.6 Å². The normalized spacial score (nSPS) is 18.7. The topological polar surface area (TPSA) is 39.7 Å². The van der Waals surface area contributed by atoms with Gasteiger partial charge in [-0.05, 0) is 50.1 Å². The van der Waals surface area contributed by atoms with E-state index in [2.05, 4.69) is 15.6 Å². The molecule has 0 saturated carbocycles. The first-order valence-electron chi connectivity index (χ1n) is 9.05. The van der Waals surface area contributed by atoms with Crippen molar-refractivity contribution in [2.75, 3.05) is 45.0 Å². The number of rotatable bonds is 8. The Hall–Kier alpha value is -1.12. The van der Waals surface area contributed by atoms with E-state index < -0.39 is 12.7 Å². The van der Waals surface area contributed by atoms with Gasteiger partial charge in [-0.1, -0.05) is 11.6 Å². The second-order valence-electron chi connectivity index (χ2n) is 6.45. The molecule has 1 aromatic rings. The summed E-state index contributed by atoms with van der Waals surface area (Å²) < 4.78 is 37.4. The first-order chi connectivity index (χ1) is 12.9. The highest BCUT2D eigenvalue weighted by molar-refractivity contribution is 7.99. The molecule has 2 N–H and O–H groups in total. The van der Waals surface area contributed by atoms with Crippen LogP contribution < -0.4 is 10.6 Å². The minimum atomic E-state index is -4.13. The van der Waals surface area contributed by atoms with Crippen LogP contribution in [0.15, 0.2) is 34.2 Å². The summed E-state index contributed by atoms with van der Waals surface area (Å²) in [5, 5.41) is 7.18. The Morgan fingerprint density at radius 1 is 1.30 bits per heavy atom. The van der Waals surface area contributed by atoms with Crippen molar-refractivity contribution >= 4 is 29.3 Å². The number of halogens is 4. The van der Waals surface area contributed by atoms with Gasteiger partial charge < -0.3 is 10.6 Å². The molecule has 1 saturated heterocycles. The highest BCUT2D eigenvalue weighted by Crippen LogP contribution is 2.23. The number of aliphatic imine (C=N–C) groups is 1. The zero-order chi connectivity index (χ0) is 19.7. The van der Waals surface area contributed by atoms with Crippen LogP contribution in [0, 0.1) is 5.92 Å². The predicted octanol–water partition coefficient (Wildman–Crippen LogP) is 3.87. The molecule has 1 fully saturated rings. The number of hydrogen-bond acceptors (Lipinski definition) is 3. The highest BCUT2D eigenvalue weighted by atomic mass is 35.5. The molecule has 1 atom stereocenters. The van der Waals surface area contributed by atoms with Crippen molar-refractivity contribution in [3.63, 3.8) is 0 Å². The van der Waals surface area contributed by atoms with Crippen molar-refractivity contribution in [1.82, 2.24) is 15.5 Å². The molecule has 1 aromatic carbocycles. The molecule has 1 aliphatic rings. The third kappa shape index (κ3) is 9.08. The van der Waals surface area contributed by atoms with Crippen molar-refractivity contribution in [2.24, 2.45) is 10.9 Å². The van der Waals surface area contributed by atoms with Crippen LogP contribution in [0.3, 0.4) is 0 Å². The SMILES string of the molecule is CCNC(=NCC1CCN(CC(F)(F)F)C1)NCCSc1ccc(Cl)cc1. The summed E-state index contributed by atoms with van der Waals surface area (Å²) in [6, 6.07) is 7.71. The molecule has 1 heterocycles. The molecule has 0 aliphatic carbocycles. The standard InChI is InChI=1S/C18H26ClF3N4S/c1-2-23-17(24-8-10-27-16-5-3-15(19)4-6-16)25-11-14-7-9-26(12-14)13-18(20,21)22/h3-6,14H,2,7-13H2,1H3,(H2,23,24,25). The lowest BCUT2D eigenvalue weighted by molar-refractivity contribution is -0.143. The molecule has 1 aliphatic heterocycles. The molecule has 0 amide bonds.